The van der Waals surface area contributed by atoms with Crippen LogP contribution in [0.2, 0.25) is 0 Å². The Morgan fingerprint density at radius 3 is 2.25 bits per heavy atom. The number of hydrogen-bond acceptors (Lipinski definition) is 1. The lowest BCUT2D eigenvalue weighted by atomic mass is 10.3. The van der Waals surface area contributed by atoms with Crippen LogP contribution in [0.25, 0.3) is 0 Å². The number of hydrogen-bond donors (Lipinski definition) is 1. The van der Waals surface area contributed by atoms with E-state index in [4.69, 9.17) is 5.11 Å². The Hall–Kier alpha value is -0.980. The maximum atomic E-state index is 8.71. The lowest BCUT2D eigenvalue weighted by molar-refractivity contribution is 0.432. The monoisotopic (exact) mass is 110 g/mol. The van der Waals surface area contributed by atoms with Crippen molar-refractivity contribution in [1.29, 1.82) is 0 Å². The van der Waals surface area contributed by atoms with Gasteiger partial charge in [0.25, 0.3) is 0 Å². The van der Waals surface area contributed by atoms with Crippen LogP contribution in [0.5, 0.6) is 0 Å². The van der Waals surface area contributed by atoms with Gasteiger partial charge in [-0.3, -0.25) is 0 Å². The molecule has 1 heteroatoms. The molecule has 0 unspecified atom stereocenters. The lowest BCUT2D eigenvalue weighted by Gasteiger charge is -1.87. The highest BCUT2D eigenvalue weighted by molar-refractivity contribution is 5.20. The Balaban J connectivity index is 3.94. The summed E-state index contributed by atoms with van der Waals surface area (Å²) < 4.78 is 0. The summed E-state index contributed by atoms with van der Waals surface area (Å²) in [4.78, 5) is 0. The first-order valence-corrected chi connectivity index (χ1v) is 2.35. The molecule has 0 atom stereocenters. The molecule has 0 rings (SSSR count). The summed E-state index contributed by atoms with van der Waals surface area (Å²) in [5.41, 5.74) is 0.822. The minimum Gasteiger partial charge on any atom is -0.508 e. The summed E-state index contributed by atoms with van der Waals surface area (Å²) in [6.07, 6.45) is 2.92. The van der Waals surface area contributed by atoms with Gasteiger partial charge in [-0.05, 0) is 19.1 Å². The second-order valence-corrected chi connectivity index (χ2v) is 1.62. The van der Waals surface area contributed by atoms with E-state index in [9.17, 15) is 0 Å². The van der Waals surface area contributed by atoms with Gasteiger partial charge in [0.1, 0.15) is 5.76 Å². The van der Waals surface area contributed by atoms with E-state index in [1.807, 2.05) is 0 Å². The van der Waals surface area contributed by atoms with Crippen molar-refractivity contribution in [1.82, 2.24) is 0 Å². The van der Waals surface area contributed by atoms with Gasteiger partial charge in [-0.2, -0.15) is 0 Å². The van der Waals surface area contributed by atoms with Gasteiger partial charge in [0.05, 0.1) is 0 Å². The Labute approximate surface area is 49.7 Å². The highest BCUT2D eigenvalue weighted by Crippen LogP contribution is 1.95. The van der Waals surface area contributed by atoms with E-state index in [1.165, 1.54) is 6.08 Å². The van der Waals surface area contributed by atoms with E-state index in [1.54, 1.807) is 13.0 Å². The summed E-state index contributed by atoms with van der Waals surface area (Å²) in [5, 5.41) is 8.71. The number of aliphatic hydroxyl groups excluding tert-OH is 1. The maximum Gasteiger partial charge on any atom is 0.115 e. The molecule has 0 amide bonds. The van der Waals surface area contributed by atoms with E-state index in [0.717, 1.165) is 5.57 Å². The molecule has 44 valence electrons. The van der Waals surface area contributed by atoms with Crippen LogP contribution in [-0.2, 0) is 0 Å². The first-order valence-electron chi connectivity index (χ1n) is 2.35. The van der Waals surface area contributed by atoms with Gasteiger partial charge < -0.3 is 5.11 Å². The molecule has 1 N–H and O–H groups in total. The van der Waals surface area contributed by atoms with Crippen molar-refractivity contribution in [2.75, 3.05) is 0 Å². The predicted octanol–water partition coefficient (Wildman–Crippen LogP) is 2.19. The van der Waals surface area contributed by atoms with Crippen LogP contribution < -0.4 is 0 Å². The molecular weight excluding hydrogens is 100 g/mol. The molecule has 0 aliphatic rings. The molecule has 0 aliphatic carbocycles. The SMILES string of the molecule is C=C/C(O)=C\C(=C)C. The number of allylic oxidation sites excluding steroid dienone is 3. The zero-order valence-electron chi connectivity index (χ0n) is 5.02. The van der Waals surface area contributed by atoms with E-state index in [0.29, 0.717) is 0 Å². The summed E-state index contributed by atoms with van der Waals surface area (Å²) >= 11 is 0. The Morgan fingerprint density at radius 2 is 2.12 bits per heavy atom. The molecule has 0 saturated heterocycles. The van der Waals surface area contributed by atoms with Gasteiger partial charge in [-0.15, -0.1) is 0 Å². The van der Waals surface area contributed by atoms with Crippen molar-refractivity contribution in [2.45, 2.75) is 6.92 Å². The van der Waals surface area contributed by atoms with Crippen LogP contribution >= 0.6 is 0 Å². The Kier molecular flexibility index (Phi) is 2.70. The molecule has 0 aromatic heterocycles. The van der Waals surface area contributed by atoms with E-state index < -0.39 is 0 Å². The van der Waals surface area contributed by atoms with Gasteiger partial charge in [-0.1, -0.05) is 18.7 Å². The topological polar surface area (TPSA) is 20.2 Å². The third kappa shape index (κ3) is 3.22. The van der Waals surface area contributed by atoms with Gasteiger partial charge in [0.2, 0.25) is 0 Å². The van der Waals surface area contributed by atoms with Gasteiger partial charge in [-0.25, -0.2) is 0 Å². The van der Waals surface area contributed by atoms with Gasteiger partial charge >= 0.3 is 0 Å². The Bertz CT molecular complexity index is 131. The predicted molar refractivity (Wildman–Crippen MR) is 35.7 cm³/mol. The molecule has 0 fully saturated rings. The fourth-order valence-electron chi connectivity index (χ4n) is 0.311. The largest absolute Gasteiger partial charge is 0.508 e. The zero-order chi connectivity index (χ0) is 6.57. The normalized spacial score (nSPS) is 10.9. The molecule has 8 heavy (non-hydrogen) atoms. The number of aliphatic hydroxyl groups is 1. The third-order valence-electron chi connectivity index (χ3n) is 0.603. The first-order chi connectivity index (χ1) is 3.66. The maximum absolute atomic E-state index is 8.71. The standard InChI is InChI=1S/C7H10O/c1-4-7(8)5-6(2)3/h4-5,8H,1-2H2,3H3/b7-5+. The molecule has 0 aromatic carbocycles. The van der Waals surface area contributed by atoms with Crippen LogP contribution in [0.4, 0.5) is 0 Å². The fourth-order valence-corrected chi connectivity index (χ4v) is 0.311. The summed E-state index contributed by atoms with van der Waals surface area (Å²) in [6.45, 7) is 8.72. The van der Waals surface area contributed by atoms with Gasteiger partial charge in [0, 0.05) is 0 Å². The molecule has 0 radical (unpaired) electrons. The summed E-state index contributed by atoms with van der Waals surface area (Å²) in [7, 11) is 0. The first kappa shape index (κ1) is 7.02. The molecule has 0 aliphatic heterocycles. The minimum absolute atomic E-state index is 0.164. The van der Waals surface area contributed by atoms with Crippen molar-refractivity contribution < 1.29 is 5.11 Å². The molecule has 0 saturated carbocycles. The van der Waals surface area contributed by atoms with Crippen molar-refractivity contribution in [3.8, 4) is 0 Å². The van der Waals surface area contributed by atoms with Crippen LogP contribution in [0.1, 0.15) is 6.92 Å². The quantitative estimate of drug-likeness (QED) is 0.426. The van der Waals surface area contributed by atoms with Crippen molar-refractivity contribution in [3.63, 3.8) is 0 Å². The lowest BCUT2D eigenvalue weighted by Crippen LogP contribution is -1.71. The molecule has 0 aromatic rings. The summed E-state index contributed by atoms with van der Waals surface area (Å²) in [5.74, 6) is 0.164. The van der Waals surface area contributed by atoms with Crippen molar-refractivity contribution >= 4 is 0 Å². The van der Waals surface area contributed by atoms with E-state index >= 15 is 0 Å². The Morgan fingerprint density at radius 1 is 1.62 bits per heavy atom. The number of rotatable bonds is 2. The van der Waals surface area contributed by atoms with Crippen molar-refractivity contribution in [3.05, 3.63) is 36.6 Å². The highest BCUT2D eigenvalue weighted by Gasteiger charge is 1.79. The highest BCUT2D eigenvalue weighted by atomic mass is 16.3. The summed E-state index contributed by atoms with van der Waals surface area (Å²) in [6, 6.07) is 0. The smallest absolute Gasteiger partial charge is 0.115 e. The molecule has 0 spiro atoms. The molecular formula is C7H10O. The van der Waals surface area contributed by atoms with Crippen LogP contribution in [-0.4, -0.2) is 5.11 Å². The van der Waals surface area contributed by atoms with E-state index in [-0.39, 0.29) is 5.76 Å². The van der Waals surface area contributed by atoms with Gasteiger partial charge in [0.15, 0.2) is 0 Å². The average Bonchev–Trinajstić information content (AvgIpc) is 1.65. The zero-order valence-corrected chi connectivity index (χ0v) is 5.02. The molecule has 0 bridgehead atoms. The second-order valence-electron chi connectivity index (χ2n) is 1.62. The van der Waals surface area contributed by atoms with Crippen LogP contribution in [0.15, 0.2) is 36.6 Å². The second kappa shape index (κ2) is 3.08. The molecule has 0 heterocycles. The third-order valence-corrected chi connectivity index (χ3v) is 0.603. The fraction of sp³-hybridized carbons (Fsp3) is 0.143. The van der Waals surface area contributed by atoms with Crippen molar-refractivity contribution in [2.24, 2.45) is 0 Å². The average molecular weight is 110 g/mol. The molecule has 1 nitrogen and oxygen atoms in total. The van der Waals surface area contributed by atoms with Crippen LogP contribution in [0, 0.1) is 0 Å². The van der Waals surface area contributed by atoms with Crippen LogP contribution in [0.3, 0.4) is 0 Å². The minimum atomic E-state index is 0.164. The van der Waals surface area contributed by atoms with E-state index in [2.05, 4.69) is 13.2 Å².